The number of alkyl halides is 3. The van der Waals surface area contributed by atoms with Crippen LogP contribution in [0.2, 0.25) is 0 Å². The fourth-order valence-corrected chi connectivity index (χ4v) is 5.14. The van der Waals surface area contributed by atoms with E-state index in [1.807, 2.05) is 0 Å². The fraction of sp³-hybridized carbons (Fsp3) is 0.182. The molecule has 0 fully saturated rings. The lowest BCUT2D eigenvalue weighted by molar-refractivity contribution is -0.388. The summed E-state index contributed by atoms with van der Waals surface area (Å²) < 4.78 is 92.8. The van der Waals surface area contributed by atoms with Crippen LogP contribution in [0.1, 0.15) is 23.6 Å². The summed E-state index contributed by atoms with van der Waals surface area (Å²) in [5.41, 5.74) is -3.55. The third kappa shape index (κ3) is 5.19. The van der Waals surface area contributed by atoms with E-state index >= 15 is 0 Å². The van der Waals surface area contributed by atoms with Crippen molar-refractivity contribution in [2.75, 3.05) is 6.61 Å². The molecule has 0 radical (unpaired) electrons. The first kappa shape index (κ1) is 26.3. The lowest BCUT2D eigenvalue weighted by Gasteiger charge is -2.37. The van der Waals surface area contributed by atoms with Gasteiger partial charge in [-0.2, -0.15) is 13.2 Å². The second kappa shape index (κ2) is 9.73. The van der Waals surface area contributed by atoms with Gasteiger partial charge in [-0.05, 0) is 43.3 Å². The zero-order valence-electron chi connectivity index (χ0n) is 17.8. The second-order valence-electron chi connectivity index (χ2n) is 7.14. The smallest absolute Gasteiger partial charge is 0.423 e. The molecule has 0 bridgehead atoms. The van der Waals surface area contributed by atoms with Gasteiger partial charge in [-0.3, -0.25) is 14.7 Å². The molecule has 0 saturated heterocycles. The molecule has 35 heavy (non-hydrogen) atoms. The molecule has 0 aliphatic carbocycles. The van der Waals surface area contributed by atoms with Crippen molar-refractivity contribution in [3.63, 3.8) is 0 Å². The Morgan fingerprint density at radius 3 is 2.17 bits per heavy atom. The van der Waals surface area contributed by atoms with Gasteiger partial charge in [0.2, 0.25) is 0 Å². The van der Waals surface area contributed by atoms with E-state index in [0.29, 0.717) is 6.07 Å². The van der Waals surface area contributed by atoms with Gasteiger partial charge >= 0.3 is 13.8 Å². The summed E-state index contributed by atoms with van der Waals surface area (Å²) >= 11 is 0. The Labute approximate surface area is 195 Å². The average Bonchev–Trinajstić information content (AvgIpc) is 2.77. The maximum absolute atomic E-state index is 14.2. The Hall–Kier alpha value is -3.34. The van der Waals surface area contributed by atoms with Crippen LogP contribution in [0.4, 0.5) is 27.6 Å². The van der Waals surface area contributed by atoms with Crippen LogP contribution < -0.4 is 4.74 Å². The van der Waals surface area contributed by atoms with Gasteiger partial charge in [0, 0.05) is 17.2 Å². The molecule has 0 aliphatic rings. The van der Waals surface area contributed by atoms with Crippen LogP contribution in [0.5, 0.6) is 5.75 Å². The molecule has 3 aromatic rings. The summed E-state index contributed by atoms with van der Waals surface area (Å²) in [6.45, 7) is 1.00. The zero-order chi connectivity index (χ0) is 26.0. The van der Waals surface area contributed by atoms with E-state index in [4.69, 9.17) is 9.26 Å². The third-order valence-corrected chi connectivity index (χ3v) is 6.90. The van der Waals surface area contributed by atoms with E-state index in [2.05, 4.69) is 0 Å². The molecule has 186 valence electrons. The van der Waals surface area contributed by atoms with Gasteiger partial charge in [0.25, 0.3) is 11.0 Å². The maximum Gasteiger partial charge on any atom is 0.423 e. The van der Waals surface area contributed by atoms with E-state index in [0.717, 1.165) is 48.5 Å². The van der Waals surface area contributed by atoms with E-state index in [1.54, 1.807) is 0 Å². The maximum atomic E-state index is 14.2. The summed E-state index contributed by atoms with van der Waals surface area (Å²) in [5.74, 6) is -2.35. The largest absolute Gasteiger partial charge is 0.465 e. The Bertz CT molecular complexity index is 1280. The van der Waals surface area contributed by atoms with Gasteiger partial charge in [-0.15, -0.1) is 0 Å². The lowest BCUT2D eigenvalue weighted by Crippen LogP contribution is -2.36. The number of hydrogen-bond donors (Lipinski definition) is 1. The Morgan fingerprint density at radius 1 is 0.971 bits per heavy atom. The molecule has 0 aliphatic heterocycles. The summed E-state index contributed by atoms with van der Waals surface area (Å²) in [4.78, 5) is 20.8. The molecule has 2 unspecified atom stereocenters. The van der Waals surface area contributed by atoms with Gasteiger partial charge in [0.1, 0.15) is 22.9 Å². The first-order chi connectivity index (χ1) is 16.3. The van der Waals surface area contributed by atoms with Crippen LogP contribution >= 0.6 is 7.60 Å². The first-order valence-electron chi connectivity index (χ1n) is 9.86. The predicted molar refractivity (Wildman–Crippen MR) is 114 cm³/mol. The van der Waals surface area contributed by atoms with Gasteiger partial charge < -0.3 is 14.2 Å². The molecule has 0 saturated carbocycles. The van der Waals surface area contributed by atoms with Crippen molar-refractivity contribution >= 4 is 13.3 Å². The second-order valence-corrected chi connectivity index (χ2v) is 9.06. The highest BCUT2D eigenvalue weighted by Gasteiger charge is 2.55. The summed E-state index contributed by atoms with van der Waals surface area (Å²) in [6.07, 6.45) is -5.18. The number of ether oxygens (including phenoxy) is 1. The number of benzene rings is 3. The molecule has 0 aromatic heterocycles. The number of nitro benzene ring substituents is 1. The minimum atomic E-state index is -5.18. The summed E-state index contributed by atoms with van der Waals surface area (Å²) in [5, 5.41) is 8.42. The highest BCUT2D eigenvalue weighted by molar-refractivity contribution is 7.54. The molecule has 7 nitrogen and oxygen atoms in total. The van der Waals surface area contributed by atoms with Gasteiger partial charge in [0.15, 0.2) is 0 Å². The molecule has 0 amide bonds. The number of nitrogens with zero attached hydrogens (tertiary/aromatic N) is 1. The Morgan fingerprint density at radius 2 is 1.63 bits per heavy atom. The third-order valence-electron chi connectivity index (χ3n) is 4.89. The Balaban J connectivity index is 2.37. The quantitative estimate of drug-likeness (QED) is 0.161. The predicted octanol–water partition coefficient (Wildman–Crippen LogP) is 6.39. The van der Waals surface area contributed by atoms with Crippen molar-refractivity contribution in [3.05, 3.63) is 105 Å². The van der Waals surface area contributed by atoms with Crippen LogP contribution in [-0.4, -0.2) is 16.4 Å². The highest BCUT2D eigenvalue weighted by Crippen LogP contribution is 2.64. The van der Waals surface area contributed by atoms with Crippen LogP contribution in [0.25, 0.3) is 0 Å². The monoisotopic (exact) mass is 517 g/mol. The van der Waals surface area contributed by atoms with Crippen molar-refractivity contribution < 1.29 is 45.6 Å². The van der Waals surface area contributed by atoms with Crippen molar-refractivity contribution in [1.82, 2.24) is 0 Å². The van der Waals surface area contributed by atoms with Crippen LogP contribution in [-0.2, 0) is 20.6 Å². The molecule has 2 atom stereocenters. The summed E-state index contributed by atoms with van der Waals surface area (Å²) in [7, 11) is -5.09. The molecule has 3 rings (SSSR count). The first-order valence-corrected chi connectivity index (χ1v) is 11.4. The number of nitro groups is 1. The number of hydrogen-bond acceptors (Lipinski definition) is 5. The lowest BCUT2D eigenvalue weighted by atomic mass is 10.00. The van der Waals surface area contributed by atoms with Crippen LogP contribution in [0, 0.1) is 21.7 Å². The molecule has 0 spiro atoms. The van der Waals surface area contributed by atoms with E-state index in [9.17, 15) is 41.5 Å². The van der Waals surface area contributed by atoms with Crippen LogP contribution in [0.15, 0.2) is 66.7 Å². The van der Waals surface area contributed by atoms with Crippen LogP contribution in [0.3, 0.4) is 0 Å². The SMILES string of the molecule is CCOP(=O)(O)C(Oc1ccc([N+](=O)[O-])c(C(F)(F)F)c1)(c1ccc(F)cc1)c1cccc(F)c1. The standard InChI is InChI=1S/C22H17F5NO6P/c1-2-33-35(31,32)21(14-6-8-16(23)9-7-14,15-4-3-5-17(24)12-15)34-18-10-11-20(28(29)30)19(13-18)22(25,26)27/h3-13H,2H2,1H3,(H,31,32). The highest BCUT2D eigenvalue weighted by atomic mass is 31.2. The molecule has 1 N–H and O–H groups in total. The Kier molecular flexibility index (Phi) is 7.30. The van der Waals surface area contributed by atoms with E-state index in [-0.39, 0.29) is 23.8 Å². The van der Waals surface area contributed by atoms with Gasteiger partial charge in [-0.25, -0.2) is 8.78 Å². The van der Waals surface area contributed by atoms with E-state index < -0.39 is 52.7 Å². The molecule has 0 heterocycles. The number of halogens is 5. The van der Waals surface area contributed by atoms with E-state index in [1.165, 1.54) is 13.0 Å². The van der Waals surface area contributed by atoms with Gasteiger partial charge in [0.05, 0.1) is 11.5 Å². The van der Waals surface area contributed by atoms with Gasteiger partial charge in [-0.1, -0.05) is 24.3 Å². The molecular weight excluding hydrogens is 500 g/mol. The molecular formula is C22H17F5NO6P. The minimum absolute atomic E-state index is 0.254. The fourth-order valence-electron chi connectivity index (χ4n) is 3.44. The summed E-state index contributed by atoms with van der Waals surface area (Å²) in [6, 6.07) is 9.58. The van der Waals surface area contributed by atoms with Crippen molar-refractivity contribution in [1.29, 1.82) is 0 Å². The minimum Gasteiger partial charge on any atom is -0.465 e. The average molecular weight is 517 g/mol. The van der Waals surface area contributed by atoms with Crippen molar-refractivity contribution in [2.45, 2.75) is 18.4 Å². The molecule has 13 heteroatoms. The normalized spacial score (nSPS) is 15.2. The van der Waals surface area contributed by atoms with Crippen molar-refractivity contribution in [2.24, 2.45) is 0 Å². The van der Waals surface area contributed by atoms with Crippen molar-refractivity contribution in [3.8, 4) is 5.75 Å². The number of rotatable bonds is 8. The molecule has 3 aromatic carbocycles. The zero-order valence-corrected chi connectivity index (χ0v) is 18.7. The topological polar surface area (TPSA) is 98.9 Å².